The highest BCUT2D eigenvalue weighted by Gasteiger charge is 2.24. The van der Waals surface area contributed by atoms with Crippen molar-refractivity contribution in [1.29, 1.82) is 0 Å². The fraction of sp³-hybridized carbons (Fsp3) is 0.345. The number of hydrogen-bond acceptors (Lipinski definition) is 5. The summed E-state index contributed by atoms with van der Waals surface area (Å²) in [6.07, 6.45) is 4.89. The fourth-order valence-corrected chi connectivity index (χ4v) is 6.00. The lowest BCUT2D eigenvalue weighted by molar-refractivity contribution is -0.117. The van der Waals surface area contributed by atoms with Crippen LogP contribution in [-0.2, 0) is 11.3 Å². The van der Waals surface area contributed by atoms with Crippen LogP contribution in [0.1, 0.15) is 48.0 Å². The van der Waals surface area contributed by atoms with Crippen LogP contribution >= 0.6 is 11.3 Å². The largest absolute Gasteiger partial charge is 0.345 e. The predicted octanol–water partition coefficient (Wildman–Crippen LogP) is 5.83. The van der Waals surface area contributed by atoms with E-state index in [-0.39, 0.29) is 11.8 Å². The second kappa shape index (κ2) is 10.8. The first-order valence-corrected chi connectivity index (χ1v) is 13.4. The number of anilines is 1. The summed E-state index contributed by atoms with van der Waals surface area (Å²) < 4.78 is 0.897. The second-order valence-electron chi connectivity index (χ2n) is 9.95. The Morgan fingerprint density at radius 1 is 1.03 bits per heavy atom. The molecule has 0 radical (unpaired) electrons. The van der Waals surface area contributed by atoms with Crippen molar-refractivity contribution in [3.63, 3.8) is 0 Å². The number of benzene rings is 3. The molecule has 1 unspecified atom stereocenters. The summed E-state index contributed by atoms with van der Waals surface area (Å²) in [6, 6.07) is 21.0. The lowest BCUT2D eigenvalue weighted by Crippen LogP contribution is -2.34. The Labute approximate surface area is 215 Å². The predicted molar refractivity (Wildman–Crippen MR) is 147 cm³/mol. The molecule has 186 valence electrons. The minimum Gasteiger partial charge on any atom is -0.345 e. The van der Waals surface area contributed by atoms with Gasteiger partial charge in [0.2, 0.25) is 5.91 Å². The van der Waals surface area contributed by atoms with Gasteiger partial charge in [-0.15, -0.1) is 0 Å². The van der Waals surface area contributed by atoms with Crippen LogP contribution in [0.2, 0.25) is 0 Å². The van der Waals surface area contributed by atoms with E-state index in [4.69, 9.17) is 0 Å². The average Bonchev–Trinajstić information content (AvgIpc) is 3.28. The van der Waals surface area contributed by atoms with E-state index in [2.05, 4.69) is 58.1 Å². The van der Waals surface area contributed by atoms with E-state index < -0.39 is 0 Å². The van der Waals surface area contributed by atoms with Crippen molar-refractivity contribution in [3.8, 4) is 0 Å². The van der Waals surface area contributed by atoms with Gasteiger partial charge in [0.15, 0.2) is 5.13 Å². The van der Waals surface area contributed by atoms with E-state index in [9.17, 15) is 9.59 Å². The van der Waals surface area contributed by atoms with Gasteiger partial charge in [0.1, 0.15) is 0 Å². The number of nitrogens with one attached hydrogen (secondary N) is 2. The molecule has 1 fully saturated rings. The second-order valence-corrected chi connectivity index (χ2v) is 11.0. The van der Waals surface area contributed by atoms with Gasteiger partial charge in [-0.1, -0.05) is 54.2 Å². The molecule has 2 N–H and O–H groups in total. The number of aromatic nitrogens is 1. The van der Waals surface area contributed by atoms with Crippen molar-refractivity contribution < 1.29 is 9.59 Å². The van der Waals surface area contributed by atoms with Crippen molar-refractivity contribution in [2.24, 2.45) is 5.92 Å². The first-order chi connectivity index (χ1) is 17.4. The Balaban J connectivity index is 1.14. The zero-order valence-corrected chi connectivity index (χ0v) is 21.6. The van der Waals surface area contributed by atoms with Crippen LogP contribution in [0, 0.1) is 5.92 Å². The molecule has 6 nitrogen and oxygen atoms in total. The molecular weight excluding hydrogens is 468 g/mol. The van der Waals surface area contributed by atoms with E-state index in [1.807, 2.05) is 12.1 Å². The first kappa shape index (κ1) is 24.4. The third kappa shape index (κ3) is 5.74. The van der Waals surface area contributed by atoms with Crippen LogP contribution in [0.3, 0.4) is 0 Å². The summed E-state index contributed by atoms with van der Waals surface area (Å²) in [5.41, 5.74) is 2.71. The highest BCUT2D eigenvalue weighted by atomic mass is 32.1. The maximum atomic E-state index is 12.8. The minimum absolute atomic E-state index is 0.0128. The summed E-state index contributed by atoms with van der Waals surface area (Å²) in [6.45, 7) is 0.846. The normalized spacial score (nSPS) is 17.8. The number of fused-ring (bicyclic) bond motifs is 2. The Bertz CT molecular complexity index is 1400. The third-order valence-corrected chi connectivity index (χ3v) is 7.89. The Morgan fingerprint density at radius 3 is 2.69 bits per heavy atom. The first-order valence-electron chi connectivity index (χ1n) is 12.6. The number of thiazole rings is 1. The van der Waals surface area contributed by atoms with Crippen LogP contribution < -0.4 is 10.6 Å². The Hall–Kier alpha value is -3.29. The van der Waals surface area contributed by atoms with Crippen molar-refractivity contribution >= 4 is 49.3 Å². The monoisotopic (exact) mass is 500 g/mol. The molecule has 2 atom stereocenters. The molecule has 1 heterocycles. The Morgan fingerprint density at radius 2 is 1.86 bits per heavy atom. The lowest BCUT2D eigenvalue weighted by Gasteiger charge is -2.29. The summed E-state index contributed by atoms with van der Waals surface area (Å²) in [5, 5.41) is 9.84. The summed E-state index contributed by atoms with van der Waals surface area (Å²) in [4.78, 5) is 31.1. The van der Waals surface area contributed by atoms with E-state index in [1.165, 1.54) is 27.7 Å². The smallest absolute Gasteiger partial charge is 0.253 e. The van der Waals surface area contributed by atoms with E-state index >= 15 is 0 Å². The molecule has 1 aliphatic rings. The number of amides is 2. The van der Waals surface area contributed by atoms with Crippen LogP contribution in [0.5, 0.6) is 0 Å². The van der Waals surface area contributed by atoms with Crippen molar-refractivity contribution in [3.05, 3.63) is 71.8 Å². The molecule has 4 aromatic rings. The third-order valence-electron chi connectivity index (χ3n) is 6.95. The van der Waals surface area contributed by atoms with Gasteiger partial charge in [0.05, 0.1) is 10.2 Å². The molecule has 1 aromatic heterocycles. The summed E-state index contributed by atoms with van der Waals surface area (Å²) in [7, 11) is 3.47. The van der Waals surface area contributed by atoms with Crippen LogP contribution in [0.4, 0.5) is 5.13 Å². The average molecular weight is 501 g/mol. The number of nitrogens with zero attached hydrogens (tertiary/aromatic N) is 2. The number of hydrogen-bond donors (Lipinski definition) is 2. The van der Waals surface area contributed by atoms with Gasteiger partial charge in [-0.2, -0.15) is 0 Å². The molecule has 36 heavy (non-hydrogen) atoms. The molecule has 3 aromatic carbocycles. The van der Waals surface area contributed by atoms with Crippen molar-refractivity contribution in [2.45, 2.75) is 44.7 Å². The molecular formula is C29H32N4O2S. The van der Waals surface area contributed by atoms with E-state index in [1.54, 1.807) is 25.1 Å². The highest BCUT2D eigenvalue weighted by molar-refractivity contribution is 7.22. The highest BCUT2D eigenvalue weighted by Crippen LogP contribution is 2.30. The zero-order chi connectivity index (χ0) is 25.1. The van der Waals surface area contributed by atoms with Gasteiger partial charge in [-0.3, -0.25) is 9.59 Å². The molecule has 5 rings (SSSR count). The molecule has 0 bridgehead atoms. The maximum Gasteiger partial charge on any atom is 0.253 e. The molecule has 0 spiro atoms. The number of rotatable bonds is 7. The SMILES string of the molecule is CN(C)C(=O)c1ccc2nc(NC(=O)CC3CCC[C@@H](NCc4ccc5ccccc5c4)C3)sc2c1. The van der Waals surface area contributed by atoms with Crippen LogP contribution in [0.15, 0.2) is 60.7 Å². The van der Waals surface area contributed by atoms with Gasteiger partial charge in [-0.25, -0.2) is 4.98 Å². The number of carbonyl (C=O) groups excluding carboxylic acids is 2. The molecule has 0 aliphatic heterocycles. The van der Waals surface area contributed by atoms with Crippen LogP contribution in [0.25, 0.3) is 21.0 Å². The summed E-state index contributed by atoms with van der Waals surface area (Å²) in [5.74, 6) is 0.335. The van der Waals surface area contributed by atoms with Crippen molar-refractivity contribution in [1.82, 2.24) is 15.2 Å². The van der Waals surface area contributed by atoms with E-state index in [0.717, 1.165) is 42.4 Å². The molecule has 0 saturated heterocycles. The lowest BCUT2D eigenvalue weighted by atomic mass is 9.83. The Kier molecular flexibility index (Phi) is 7.30. The molecule has 7 heteroatoms. The van der Waals surface area contributed by atoms with Gasteiger partial charge in [0, 0.05) is 38.7 Å². The maximum absolute atomic E-state index is 12.8. The summed E-state index contributed by atoms with van der Waals surface area (Å²) >= 11 is 1.41. The van der Waals surface area contributed by atoms with Gasteiger partial charge in [0.25, 0.3) is 5.91 Å². The van der Waals surface area contributed by atoms with Crippen LogP contribution in [-0.4, -0.2) is 41.8 Å². The molecule has 1 aliphatic carbocycles. The minimum atomic E-state index is -0.0445. The van der Waals surface area contributed by atoms with Gasteiger partial charge < -0.3 is 15.5 Å². The quantitative estimate of drug-likeness (QED) is 0.335. The van der Waals surface area contributed by atoms with Gasteiger partial charge >= 0.3 is 0 Å². The molecule has 2 amide bonds. The molecule has 1 saturated carbocycles. The van der Waals surface area contributed by atoms with Gasteiger partial charge in [-0.05, 0) is 65.8 Å². The fourth-order valence-electron chi connectivity index (χ4n) is 5.07. The standard InChI is InChI=1S/C29H32N4O2S/c1-33(2)28(35)23-12-13-25-26(17-23)36-29(31-25)32-27(34)16-19-6-5-9-24(15-19)30-18-20-10-11-21-7-3-4-8-22(21)14-20/h3-4,7-8,10-14,17,19,24,30H,5-6,9,15-16,18H2,1-2H3,(H,31,32,34)/t19?,24-/m1/s1. The number of carbonyl (C=O) groups is 2. The van der Waals surface area contributed by atoms with Crippen molar-refractivity contribution in [2.75, 3.05) is 19.4 Å². The zero-order valence-electron chi connectivity index (χ0n) is 20.8. The topological polar surface area (TPSA) is 74.3 Å². The van der Waals surface area contributed by atoms with E-state index in [0.29, 0.717) is 29.1 Å².